The zero-order valence-electron chi connectivity index (χ0n) is 12.7. The van der Waals surface area contributed by atoms with Gasteiger partial charge in [0, 0.05) is 28.8 Å². The van der Waals surface area contributed by atoms with Crippen molar-refractivity contribution in [1.29, 1.82) is 0 Å². The van der Waals surface area contributed by atoms with Crippen LogP contribution >= 0.6 is 11.6 Å². The largest absolute Gasteiger partial charge is 0.378 e. The molecule has 4 rings (SSSR count). The second-order valence-corrected chi connectivity index (χ2v) is 6.80. The highest BCUT2D eigenvalue weighted by Crippen LogP contribution is 2.49. The lowest BCUT2D eigenvalue weighted by atomic mass is 9.77. The van der Waals surface area contributed by atoms with E-state index in [1.165, 1.54) is 28.8 Å². The quantitative estimate of drug-likeness (QED) is 0.773. The lowest BCUT2D eigenvalue weighted by Gasteiger charge is -2.43. The molecule has 0 saturated carbocycles. The van der Waals surface area contributed by atoms with Gasteiger partial charge in [-0.3, -0.25) is 0 Å². The predicted molar refractivity (Wildman–Crippen MR) is 90.4 cm³/mol. The molecule has 3 heteroatoms. The molecule has 1 fully saturated rings. The van der Waals surface area contributed by atoms with Gasteiger partial charge in [0.25, 0.3) is 0 Å². The lowest BCUT2D eigenvalue weighted by molar-refractivity contribution is -0.0381. The fourth-order valence-corrected chi connectivity index (χ4v) is 3.92. The Morgan fingerprint density at radius 1 is 1.14 bits per heavy atom. The first-order chi connectivity index (χ1) is 10.7. The maximum absolute atomic E-state index is 6.17. The molecule has 0 bridgehead atoms. The average Bonchev–Trinajstić information content (AvgIpc) is 2.55. The highest BCUT2D eigenvalue weighted by Gasteiger charge is 2.39. The number of rotatable bonds is 1. The average molecular weight is 314 g/mol. The third-order valence-electron chi connectivity index (χ3n) is 4.85. The van der Waals surface area contributed by atoms with Gasteiger partial charge >= 0.3 is 0 Å². The smallest absolute Gasteiger partial charge is 0.0895 e. The van der Waals surface area contributed by atoms with Crippen LogP contribution in [-0.2, 0) is 4.74 Å². The fourth-order valence-electron chi connectivity index (χ4n) is 3.79. The molecule has 1 N–H and O–H groups in total. The van der Waals surface area contributed by atoms with Gasteiger partial charge in [0.2, 0.25) is 0 Å². The maximum Gasteiger partial charge on any atom is 0.0895 e. The van der Waals surface area contributed by atoms with Crippen LogP contribution in [0.1, 0.15) is 41.7 Å². The highest BCUT2D eigenvalue weighted by atomic mass is 35.5. The van der Waals surface area contributed by atoms with Crippen molar-refractivity contribution in [2.45, 2.75) is 31.9 Å². The van der Waals surface area contributed by atoms with Crippen molar-refractivity contribution >= 4 is 17.3 Å². The number of halogens is 1. The minimum Gasteiger partial charge on any atom is -0.378 e. The van der Waals surface area contributed by atoms with Crippen LogP contribution in [0.15, 0.2) is 42.5 Å². The molecule has 0 spiro atoms. The van der Waals surface area contributed by atoms with Gasteiger partial charge in [-0.2, -0.15) is 0 Å². The molecule has 114 valence electrons. The van der Waals surface area contributed by atoms with E-state index in [-0.39, 0.29) is 12.1 Å². The summed E-state index contributed by atoms with van der Waals surface area (Å²) >= 11 is 6.04. The zero-order valence-corrected chi connectivity index (χ0v) is 13.4. The van der Waals surface area contributed by atoms with Crippen LogP contribution in [0.4, 0.5) is 5.69 Å². The van der Waals surface area contributed by atoms with Gasteiger partial charge in [-0.15, -0.1) is 0 Å². The fraction of sp³-hybridized carbons (Fsp3) is 0.368. The van der Waals surface area contributed by atoms with E-state index in [2.05, 4.69) is 42.6 Å². The first-order valence-electron chi connectivity index (χ1n) is 7.96. The maximum atomic E-state index is 6.17. The van der Waals surface area contributed by atoms with Gasteiger partial charge in [-0.1, -0.05) is 41.4 Å². The van der Waals surface area contributed by atoms with Crippen LogP contribution < -0.4 is 5.32 Å². The molecular formula is C19H20ClNO. The van der Waals surface area contributed by atoms with Crippen molar-refractivity contribution in [2.75, 3.05) is 11.9 Å². The molecule has 2 aromatic rings. The third kappa shape index (κ3) is 2.41. The van der Waals surface area contributed by atoms with Crippen LogP contribution in [0.25, 0.3) is 0 Å². The molecule has 3 unspecified atom stereocenters. The minimum absolute atomic E-state index is 0.200. The van der Waals surface area contributed by atoms with Crippen molar-refractivity contribution < 1.29 is 4.74 Å². The molecule has 2 heterocycles. The molecule has 22 heavy (non-hydrogen) atoms. The molecular weight excluding hydrogens is 294 g/mol. The summed E-state index contributed by atoms with van der Waals surface area (Å²) in [4.78, 5) is 0. The van der Waals surface area contributed by atoms with Crippen molar-refractivity contribution in [2.24, 2.45) is 5.92 Å². The number of anilines is 1. The Morgan fingerprint density at radius 2 is 1.95 bits per heavy atom. The van der Waals surface area contributed by atoms with Crippen LogP contribution in [0.2, 0.25) is 5.02 Å². The summed E-state index contributed by atoms with van der Waals surface area (Å²) in [7, 11) is 0. The molecule has 0 amide bonds. The van der Waals surface area contributed by atoms with Crippen molar-refractivity contribution in [3.8, 4) is 0 Å². The van der Waals surface area contributed by atoms with Gasteiger partial charge in [0.15, 0.2) is 0 Å². The minimum atomic E-state index is 0.200. The Bertz CT molecular complexity index is 682. The molecule has 2 aromatic carbocycles. The Balaban J connectivity index is 1.77. The molecule has 2 nitrogen and oxygen atoms in total. The third-order valence-corrected chi connectivity index (χ3v) is 5.10. The zero-order chi connectivity index (χ0) is 15.1. The van der Waals surface area contributed by atoms with Crippen LogP contribution in [0.5, 0.6) is 0 Å². The van der Waals surface area contributed by atoms with Crippen LogP contribution in [-0.4, -0.2) is 6.61 Å². The van der Waals surface area contributed by atoms with E-state index >= 15 is 0 Å². The van der Waals surface area contributed by atoms with Crippen molar-refractivity contribution in [3.63, 3.8) is 0 Å². The summed E-state index contributed by atoms with van der Waals surface area (Å²) in [6.45, 7) is 3.01. The van der Waals surface area contributed by atoms with E-state index < -0.39 is 0 Å². The number of hydrogen-bond donors (Lipinski definition) is 1. The summed E-state index contributed by atoms with van der Waals surface area (Å²) in [6, 6.07) is 15.1. The number of benzene rings is 2. The normalized spacial score (nSPS) is 26.7. The molecule has 0 radical (unpaired) electrons. The van der Waals surface area contributed by atoms with E-state index in [1.807, 2.05) is 12.1 Å². The topological polar surface area (TPSA) is 21.3 Å². The van der Waals surface area contributed by atoms with E-state index in [9.17, 15) is 0 Å². The molecule has 2 aliphatic rings. The SMILES string of the molecule is Cc1ccc2c(c1)C1OCCCC1C(c1ccc(Cl)cc1)N2. The number of hydrogen-bond acceptors (Lipinski definition) is 2. The van der Waals surface area contributed by atoms with E-state index in [1.54, 1.807) is 0 Å². The molecule has 2 aliphatic heterocycles. The van der Waals surface area contributed by atoms with E-state index in [0.29, 0.717) is 5.92 Å². The Labute approximate surface area is 136 Å². The summed E-state index contributed by atoms with van der Waals surface area (Å²) in [6.07, 6.45) is 2.53. The van der Waals surface area contributed by atoms with Crippen LogP contribution in [0, 0.1) is 12.8 Å². The summed E-state index contributed by atoms with van der Waals surface area (Å²) < 4.78 is 6.17. The van der Waals surface area contributed by atoms with Gasteiger partial charge in [0.1, 0.15) is 0 Å². The van der Waals surface area contributed by atoms with Crippen LogP contribution in [0.3, 0.4) is 0 Å². The highest BCUT2D eigenvalue weighted by molar-refractivity contribution is 6.30. The summed E-state index contributed by atoms with van der Waals surface area (Å²) in [5.41, 5.74) is 5.10. The lowest BCUT2D eigenvalue weighted by Crippen LogP contribution is -2.36. The van der Waals surface area contributed by atoms with Gasteiger partial charge in [-0.05, 0) is 43.5 Å². The summed E-state index contributed by atoms with van der Waals surface area (Å²) in [5, 5.41) is 4.52. The van der Waals surface area contributed by atoms with Crippen molar-refractivity contribution in [1.82, 2.24) is 0 Å². The summed E-state index contributed by atoms with van der Waals surface area (Å²) in [5.74, 6) is 0.476. The first-order valence-corrected chi connectivity index (χ1v) is 8.34. The number of fused-ring (bicyclic) bond motifs is 3. The predicted octanol–water partition coefficient (Wildman–Crippen LogP) is 5.28. The van der Waals surface area contributed by atoms with E-state index in [4.69, 9.17) is 16.3 Å². The second kappa shape index (κ2) is 5.60. The number of aryl methyl sites for hydroxylation is 1. The molecule has 1 saturated heterocycles. The monoisotopic (exact) mass is 313 g/mol. The van der Waals surface area contributed by atoms with E-state index in [0.717, 1.165) is 18.1 Å². The second-order valence-electron chi connectivity index (χ2n) is 6.36. The standard InChI is InChI=1S/C19H20ClNO/c1-12-4-9-17-16(11-12)19-15(3-2-10-22-19)18(21-17)13-5-7-14(20)8-6-13/h4-9,11,15,18-19,21H,2-3,10H2,1H3. The van der Waals surface area contributed by atoms with Gasteiger partial charge in [-0.25, -0.2) is 0 Å². The molecule has 0 aliphatic carbocycles. The van der Waals surface area contributed by atoms with Gasteiger partial charge in [0.05, 0.1) is 12.1 Å². The Morgan fingerprint density at radius 3 is 2.77 bits per heavy atom. The number of ether oxygens (including phenoxy) is 1. The Kier molecular flexibility index (Phi) is 3.59. The van der Waals surface area contributed by atoms with Gasteiger partial charge < -0.3 is 10.1 Å². The molecule has 3 atom stereocenters. The van der Waals surface area contributed by atoms with Crippen molar-refractivity contribution in [3.05, 3.63) is 64.2 Å². The Hall–Kier alpha value is -1.51. The number of nitrogens with one attached hydrogen (secondary N) is 1. The first kappa shape index (κ1) is 14.1. The molecule has 0 aromatic heterocycles.